The molecule has 0 spiro atoms. The average Bonchev–Trinajstić information content (AvgIpc) is 2.60. The molecule has 1 heterocycles. The molecule has 2 rings (SSSR count). The molecule has 0 saturated heterocycles. The Morgan fingerprint density at radius 2 is 1.74 bits per heavy atom. The summed E-state index contributed by atoms with van der Waals surface area (Å²) in [5, 5.41) is 2.58. The number of hydrogen-bond acceptors (Lipinski definition) is 4. The van der Waals surface area contributed by atoms with Gasteiger partial charge in [-0.3, -0.25) is 14.6 Å². The van der Waals surface area contributed by atoms with Crippen molar-refractivity contribution >= 4 is 11.9 Å². The van der Waals surface area contributed by atoms with E-state index in [9.17, 15) is 9.59 Å². The van der Waals surface area contributed by atoms with Crippen molar-refractivity contribution in [2.45, 2.75) is 25.9 Å². The molecular formula is C18H20N2O3. The molecule has 5 nitrogen and oxygen atoms in total. The highest BCUT2D eigenvalue weighted by Crippen LogP contribution is 2.03. The number of pyridine rings is 1. The van der Waals surface area contributed by atoms with Crippen LogP contribution in [0, 0.1) is 0 Å². The van der Waals surface area contributed by atoms with Crippen molar-refractivity contribution < 1.29 is 14.3 Å². The van der Waals surface area contributed by atoms with Gasteiger partial charge in [-0.15, -0.1) is 0 Å². The standard InChI is InChI=1S/C18H20N2O3/c21-17(8-4-7-15-9-11-19-12-10-15)20-13-18(22)23-14-16-5-2-1-3-6-16/h1-3,5-6,9-12H,4,7-8,13-14H2,(H,20,21). The fourth-order valence-corrected chi connectivity index (χ4v) is 2.05. The van der Waals surface area contributed by atoms with Crippen molar-refractivity contribution in [1.29, 1.82) is 0 Å². The summed E-state index contributed by atoms with van der Waals surface area (Å²) in [6, 6.07) is 13.3. The lowest BCUT2D eigenvalue weighted by Gasteiger charge is -2.07. The lowest BCUT2D eigenvalue weighted by Crippen LogP contribution is -2.30. The number of aryl methyl sites for hydroxylation is 1. The van der Waals surface area contributed by atoms with Gasteiger partial charge in [-0.1, -0.05) is 30.3 Å². The second kappa shape index (κ2) is 9.35. The zero-order chi connectivity index (χ0) is 16.3. The summed E-state index contributed by atoms with van der Waals surface area (Å²) >= 11 is 0. The number of benzene rings is 1. The second-order valence-electron chi connectivity index (χ2n) is 5.13. The molecule has 0 radical (unpaired) electrons. The van der Waals surface area contributed by atoms with Crippen LogP contribution >= 0.6 is 0 Å². The topological polar surface area (TPSA) is 68.3 Å². The maximum Gasteiger partial charge on any atom is 0.325 e. The van der Waals surface area contributed by atoms with E-state index in [1.165, 1.54) is 0 Å². The molecule has 2 aromatic rings. The summed E-state index contributed by atoms with van der Waals surface area (Å²) in [5.74, 6) is -0.577. The number of aromatic nitrogens is 1. The van der Waals surface area contributed by atoms with Gasteiger partial charge in [-0.2, -0.15) is 0 Å². The Kier molecular flexibility index (Phi) is 6.78. The summed E-state index contributed by atoms with van der Waals surface area (Å²) in [6.45, 7) is 0.124. The van der Waals surface area contributed by atoms with E-state index in [0.717, 1.165) is 24.0 Å². The fraction of sp³-hybridized carbons (Fsp3) is 0.278. The van der Waals surface area contributed by atoms with Gasteiger partial charge in [0.25, 0.3) is 0 Å². The summed E-state index contributed by atoms with van der Waals surface area (Å²) in [4.78, 5) is 27.2. The third-order valence-electron chi connectivity index (χ3n) is 3.29. The minimum Gasteiger partial charge on any atom is -0.460 e. The number of hydrogen-bond donors (Lipinski definition) is 1. The third-order valence-corrected chi connectivity index (χ3v) is 3.29. The maximum absolute atomic E-state index is 11.7. The molecule has 0 aliphatic rings. The summed E-state index contributed by atoms with van der Waals surface area (Å²) < 4.78 is 5.09. The number of ether oxygens (including phenoxy) is 1. The van der Waals surface area contributed by atoms with Crippen LogP contribution in [0.15, 0.2) is 54.9 Å². The maximum atomic E-state index is 11.7. The largest absolute Gasteiger partial charge is 0.460 e. The van der Waals surface area contributed by atoms with E-state index in [1.54, 1.807) is 12.4 Å². The Morgan fingerprint density at radius 1 is 1.00 bits per heavy atom. The molecule has 0 atom stereocenters. The normalized spacial score (nSPS) is 10.1. The fourth-order valence-electron chi connectivity index (χ4n) is 2.05. The van der Waals surface area contributed by atoms with Gasteiger partial charge in [-0.25, -0.2) is 0 Å². The summed E-state index contributed by atoms with van der Waals surface area (Å²) in [7, 11) is 0. The van der Waals surface area contributed by atoms with Gasteiger partial charge in [0.15, 0.2) is 0 Å². The first-order chi connectivity index (χ1) is 11.2. The Balaban J connectivity index is 1.57. The van der Waals surface area contributed by atoms with Gasteiger partial charge in [0.2, 0.25) is 5.91 Å². The molecule has 1 amide bonds. The number of carbonyl (C=O) groups excluding carboxylic acids is 2. The molecular weight excluding hydrogens is 292 g/mol. The first kappa shape index (κ1) is 16.7. The second-order valence-corrected chi connectivity index (χ2v) is 5.13. The quantitative estimate of drug-likeness (QED) is 0.759. The Labute approximate surface area is 135 Å². The first-order valence-electron chi connectivity index (χ1n) is 7.59. The van der Waals surface area contributed by atoms with Crippen molar-refractivity contribution in [3.8, 4) is 0 Å². The van der Waals surface area contributed by atoms with Crippen molar-refractivity contribution in [3.05, 3.63) is 66.0 Å². The van der Waals surface area contributed by atoms with Crippen LogP contribution in [0.1, 0.15) is 24.0 Å². The van der Waals surface area contributed by atoms with Crippen LogP contribution in [0.5, 0.6) is 0 Å². The molecule has 0 aliphatic heterocycles. The smallest absolute Gasteiger partial charge is 0.325 e. The van der Waals surface area contributed by atoms with Gasteiger partial charge in [0, 0.05) is 18.8 Å². The van der Waals surface area contributed by atoms with Gasteiger partial charge in [0.1, 0.15) is 13.2 Å². The predicted molar refractivity (Wildman–Crippen MR) is 86.4 cm³/mol. The zero-order valence-electron chi connectivity index (χ0n) is 12.9. The highest BCUT2D eigenvalue weighted by molar-refractivity contribution is 5.81. The van der Waals surface area contributed by atoms with Crippen LogP contribution in [-0.2, 0) is 27.4 Å². The Bertz CT molecular complexity index is 615. The molecule has 0 bridgehead atoms. The van der Waals surface area contributed by atoms with E-state index in [2.05, 4.69) is 10.3 Å². The number of esters is 1. The van der Waals surface area contributed by atoms with Gasteiger partial charge in [-0.05, 0) is 36.1 Å². The molecule has 1 aromatic carbocycles. The van der Waals surface area contributed by atoms with Crippen molar-refractivity contribution in [2.75, 3.05) is 6.54 Å². The Morgan fingerprint density at radius 3 is 2.48 bits per heavy atom. The number of nitrogens with zero attached hydrogens (tertiary/aromatic N) is 1. The summed E-state index contributed by atoms with van der Waals surface area (Å²) in [6.07, 6.45) is 5.40. The molecule has 0 unspecified atom stereocenters. The predicted octanol–water partition coefficient (Wildman–Crippen LogP) is 2.26. The number of rotatable bonds is 8. The first-order valence-corrected chi connectivity index (χ1v) is 7.59. The lowest BCUT2D eigenvalue weighted by atomic mass is 10.1. The lowest BCUT2D eigenvalue weighted by molar-refractivity contribution is -0.145. The SMILES string of the molecule is O=C(CCCc1ccncc1)NCC(=O)OCc1ccccc1. The molecule has 120 valence electrons. The highest BCUT2D eigenvalue weighted by Gasteiger charge is 2.07. The molecule has 0 fully saturated rings. The minimum absolute atomic E-state index is 0.0963. The molecule has 1 aromatic heterocycles. The number of nitrogens with one attached hydrogen (secondary N) is 1. The van der Waals surface area contributed by atoms with E-state index >= 15 is 0 Å². The van der Waals surface area contributed by atoms with Gasteiger partial charge >= 0.3 is 5.97 Å². The van der Waals surface area contributed by atoms with E-state index in [4.69, 9.17) is 4.74 Å². The average molecular weight is 312 g/mol. The number of amides is 1. The number of carbonyl (C=O) groups is 2. The molecule has 0 saturated carbocycles. The molecule has 5 heteroatoms. The van der Waals surface area contributed by atoms with E-state index in [-0.39, 0.29) is 19.1 Å². The molecule has 0 aliphatic carbocycles. The van der Waals surface area contributed by atoms with Crippen LogP contribution in [0.4, 0.5) is 0 Å². The van der Waals surface area contributed by atoms with Crippen molar-refractivity contribution in [3.63, 3.8) is 0 Å². The van der Waals surface area contributed by atoms with Gasteiger partial charge < -0.3 is 10.1 Å². The van der Waals surface area contributed by atoms with Crippen molar-refractivity contribution in [1.82, 2.24) is 10.3 Å². The minimum atomic E-state index is -0.434. The monoisotopic (exact) mass is 312 g/mol. The van der Waals surface area contributed by atoms with Crippen LogP contribution in [0.3, 0.4) is 0 Å². The van der Waals surface area contributed by atoms with E-state index in [0.29, 0.717) is 6.42 Å². The van der Waals surface area contributed by atoms with E-state index < -0.39 is 5.97 Å². The Hall–Kier alpha value is -2.69. The van der Waals surface area contributed by atoms with Crippen LogP contribution in [0.2, 0.25) is 0 Å². The van der Waals surface area contributed by atoms with E-state index in [1.807, 2.05) is 42.5 Å². The summed E-state index contributed by atoms with van der Waals surface area (Å²) in [5.41, 5.74) is 2.07. The van der Waals surface area contributed by atoms with Crippen LogP contribution in [0.25, 0.3) is 0 Å². The van der Waals surface area contributed by atoms with Crippen molar-refractivity contribution in [2.24, 2.45) is 0 Å². The third kappa shape index (κ3) is 6.74. The van der Waals surface area contributed by atoms with Crippen LogP contribution < -0.4 is 5.32 Å². The molecule has 1 N–H and O–H groups in total. The zero-order valence-corrected chi connectivity index (χ0v) is 12.9. The highest BCUT2D eigenvalue weighted by atomic mass is 16.5. The van der Waals surface area contributed by atoms with Crippen LogP contribution in [-0.4, -0.2) is 23.4 Å². The molecule has 23 heavy (non-hydrogen) atoms. The van der Waals surface area contributed by atoms with Gasteiger partial charge in [0.05, 0.1) is 0 Å².